The molecule has 0 radical (unpaired) electrons. The maximum Gasteiger partial charge on any atom is 0.146 e. The van der Waals surface area contributed by atoms with Crippen LogP contribution in [0.1, 0.15) is 24.8 Å². The van der Waals surface area contributed by atoms with E-state index < -0.39 is 0 Å². The SMILES string of the molecule is Cc1ccc(N2CCCNC(C3CC3)C2)c(F)c1. The molecule has 1 aromatic carbocycles. The van der Waals surface area contributed by atoms with Crippen molar-refractivity contribution in [3.63, 3.8) is 0 Å². The molecule has 0 amide bonds. The van der Waals surface area contributed by atoms with Crippen molar-refractivity contribution >= 4 is 5.69 Å². The molecule has 1 unspecified atom stereocenters. The van der Waals surface area contributed by atoms with Crippen molar-refractivity contribution < 1.29 is 4.39 Å². The highest BCUT2D eigenvalue weighted by molar-refractivity contribution is 5.49. The molecule has 1 heterocycles. The third-order valence-corrected chi connectivity index (χ3v) is 4.06. The fourth-order valence-electron chi connectivity index (χ4n) is 2.85. The molecule has 18 heavy (non-hydrogen) atoms. The van der Waals surface area contributed by atoms with Crippen LogP contribution in [0, 0.1) is 18.7 Å². The summed E-state index contributed by atoms with van der Waals surface area (Å²) in [6.07, 6.45) is 3.76. The Morgan fingerprint density at radius 1 is 1.33 bits per heavy atom. The zero-order valence-electron chi connectivity index (χ0n) is 11.0. The molecule has 1 saturated carbocycles. The summed E-state index contributed by atoms with van der Waals surface area (Å²) in [5.74, 6) is 0.741. The smallest absolute Gasteiger partial charge is 0.146 e. The summed E-state index contributed by atoms with van der Waals surface area (Å²) >= 11 is 0. The lowest BCUT2D eigenvalue weighted by Gasteiger charge is -2.27. The highest BCUT2D eigenvalue weighted by atomic mass is 19.1. The summed E-state index contributed by atoms with van der Waals surface area (Å²) in [5, 5.41) is 3.61. The topological polar surface area (TPSA) is 15.3 Å². The zero-order chi connectivity index (χ0) is 12.5. The van der Waals surface area contributed by atoms with Gasteiger partial charge in [-0.2, -0.15) is 0 Å². The van der Waals surface area contributed by atoms with E-state index in [1.165, 1.54) is 12.8 Å². The molecule has 0 bridgehead atoms. The molecule has 1 aromatic rings. The molecule has 2 fully saturated rings. The van der Waals surface area contributed by atoms with Gasteiger partial charge in [-0.1, -0.05) is 6.07 Å². The minimum atomic E-state index is -0.0774. The van der Waals surface area contributed by atoms with E-state index in [0.717, 1.165) is 43.2 Å². The number of rotatable bonds is 2. The number of hydrogen-bond donors (Lipinski definition) is 1. The van der Waals surface area contributed by atoms with Gasteiger partial charge in [0, 0.05) is 19.1 Å². The van der Waals surface area contributed by atoms with E-state index in [1.807, 2.05) is 19.1 Å². The van der Waals surface area contributed by atoms with Gasteiger partial charge in [-0.25, -0.2) is 4.39 Å². The van der Waals surface area contributed by atoms with E-state index in [2.05, 4.69) is 10.2 Å². The van der Waals surface area contributed by atoms with Gasteiger partial charge in [0.25, 0.3) is 0 Å². The highest BCUT2D eigenvalue weighted by Gasteiger charge is 2.33. The van der Waals surface area contributed by atoms with Crippen LogP contribution in [0.15, 0.2) is 18.2 Å². The molecule has 1 atom stereocenters. The van der Waals surface area contributed by atoms with Crippen LogP contribution in [0.25, 0.3) is 0 Å². The molecule has 2 nitrogen and oxygen atoms in total. The van der Waals surface area contributed by atoms with E-state index >= 15 is 0 Å². The fraction of sp³-hybridized carbons (Fsp3) is 0.600. The molecule has 1 saturated heterocycles. The van der Waals surface area contributed by atoms with Crippen LogP contribution in [0.5, 0.6) is 0 Å². The minimum Gasteiger partial charge on any atom is -0.368 e. The Bertz CT molecular complexity index is 429. The Morgan fingerprint density at radius 3 is 2.89 bits per heavy atom. The monoisotopic (exact) mass is 248 g/mol. The third kappa shape index (κ3) is 2.51. The number of hydrogen-bond acceptors (Lipinski definition) is 2. The second kappa shape index (κ2) is 4.88. The number of anilines is 1. The Labute approximate surface area is 108 Å². The minimum absolute atomic E-state index is 0.0774. The molecule has 1 aliphatic heterocycles. The lowest BCUT2D eigenvalue weighted by Crippen LogP contribution is -2.39. The molecular formula is C15H21FN2. The van der Waals surface area contributed by atoms with Gasteiger partial charge >= 0.3 is 0 Å². The first kappa shape index (κ1) is 12.0. The van der Waals surface area contributed by atoms with Crippen LogP contribution >= 0.6 is 0 Å². The molecule has 3 heteroatoms. The Morgan fingerprint density at radius 2 is 2.17 bits per heavy atom. The van der Waals surface area contributed by atoms with Crippen molar-refractivity contribution in [3.8, 4) is 0 Å². The summed E-state index contributed by atoms with van der Waals surface area (Å²) in [6.45, 7) is 4.90. The predicted molar refractivity (Wildman–Crippen MR) is 72.5 cm³/mol. The molecule has 1 N–H and O–H groups in total. The number of benzene rings is 1. The van der Waals surface area contributed by atoms with Gasteiger partial charge in [0.1, 0.15) is 5.82 Å². The van der Waals surface area contributed by atoms with Gasteiger partial charge in [0.15, 0.2) is 0 Å². The van der Waals surface area contributed by atoms with Crippen LogP contribution in [-0.4, -0.2) is 25.7 Å². The number of halogens is 1. The van der Waals surface area contributed by atoms with Crippen LogP contribution in [-0.2, 0) is 0 Å². The third-order valence-electron chi connectivity index (χ3n) is 4.06. The first-order chi connectivity index (χ1) is 8.74. The average molecular weight is 248 g/mol. The molecule has 0 aromatic heterocycles. The quantitative estimate of drug-likeness (QED) is 0.865. The van der Waals surface area contributed by atoms with Gasteiger partial charge < -0.3 is 10.2 Å². The second-order valence-electron chi connectivity index (χ2n) is 5.65. The van der Waals surface area contributed by atoms with Gasteiger partial charge in [-0.3, -0.25) is 0 Å². The van der Waals surface area contributed by atoms with Crippen LogP contribution in [0.2, 0.25) is 0 Å². The molecular weight excluding hydrogens is 227 g/mol. The molecule has 3 rings (SSSR count). The zero-order valence-corrected chi connectivity index (χ0v) is 11.0. The van der Waals surface area contributed by atoms with Crippen LogP contribution < -0.4 is 10.2 Å². The molecule has 1 aliphatic carbocycles. The maximum absolute atomic E-state index is 14.0. The fourth-order valence-corrected chi connectivity index (χ4v) is 2.85. The maximum atomic E-state index is 14.0. The van der Waals surface area contributed by atoms with Gasteiger partial charge in [0.2, 0.25) is 0 Å². The lowest BCUT2D eigenvalue weighted by molar-refractivity contribution is 0.488. The van der Waals surface area contributed by atoms with Crippen LogP contribution in [0.3, 0.4) is 0 Å². The molecule has 0 spiro atoms. The summed E-state index contributed by atoms with van der Waals surface area (Å²) in [4.78, 5) is 2.22. The number of nitrogens with zero attached hydrogens (tertiary/aromatic N) is 1. The standard InChI is InChI=1S/C15H21FN2/c1-11-3-6-15(13(16)9-11)18-8-2-7-17-14(10-18)12-4-5-12/h3,6,9,12,14,17H,2,4-5,7-8,10H2,1H3. The Balaban J connectivity index is 1.80. The largest absolute Gasteiger partial charge is 0.368 e. The lowest BCUT2D eigenvalue weighted by atomic mass is 10.1. The summed E-state index contributed by atoms with van der Waals surface area (Å²) < 4.78 is 14.0. The van der Waals surface area contributed by atoms with Gasteiger partial charge in [-0.05, 0) is 56.3 Å². The van der Waals surface area contributed by atoms with Gasteiger partial charge in [-0.15, -0.1) is 0 Å². The van der Waals surface area contributed by atoms with E-state index in [9.17, 15) is 4.39 Å². The molecule has 98 valence electrons. The first-order valence-corrected chi connectivity index (χ1v) is 6.98. The van der Waals surface area contributed by atoms with Crippen molar-refractivity contribution in [3.05, 3.63) is 29.6 Å². The van der Waals surface area contributed by atoms with Crippen molar-refractivity contribution in [2.45, 2.75) is 32.2 Å². The van der Waals surface area contributed by atoms with Crippen LogP contribution in [0.4, 0.5) is 10.1 Å². The average Bonchev–Trinajstić information content (AvgIpc) is 3.15. The van der Waals surface area contributed by atoms with E-state index in [1.54, 1.807) is 6.07 Å². The van der Waals surface area contributed by atoms with E-state index in [4.69, 9.17) is 0 Å². The Hall–Kier alpha value is -1.09. The summed E-state index contributed by atoms with van der Waals surface area (Å²) in [6, 6.07) is 6.12. The van der Waals surface area contributed by atoms with Crippen molar-refractivity contribution in [2.75, 3.05) is 24.5 Å². The van der Waals surface area contributed by atoms with E-state index in [0.29, 0.717) is 6.04 Å². The summed E-state index contributed by atoms with van der Waals surface area (Å²) in [5.41, 5.74) is 1.76. The highest BCUT2D eigenvalue weighted by Crippen LogP contribution is 2.34. The Kier molecular flexibility index (Phi) is 3.25. The molecule has 2 aliphatic rings. The first-order valence-electron chi connectivity index (χ1n) is 6.98. The van der Waals surface area contributed by atoms with Gasteiger partial charge in [0.05, 0.1) is 5.69 Å². The van der Waals surface area contributed by atoms with E-state index in [-0.39, 0.29) is 5.82 Å². The van der Waals surface area contributed by atoms with Crippen molar-refractivity contribution in [1.82, 2.24) is 5.32 Å². The second-order valence-corrected chi connectivity index (χ2v) is 5.65. The van der Waals surface area contributed by atoms with Crippen molar-refractivity contribution in [2.24, 2.45) is 5.92 Å². The predicted octanol–water partition coefficient (Wildman–Crippen LogP) is 2.71. The number of nitrogens with one attached hydrogen (secondary N) is 1. The normalized spacial score (nSPS) is 25.0. The number of aryl methyl sites for hydroxylation is 1. The van der Waals surface area contributed by atoms with Crippen molar-refractivity contribution in [1.29, 1.82) is 0 Å². The summed E-state index contributed by atoms with van der Waals surface area (Å²) in [7, 11) is 0.